The summed E-state index contributed by atoms with van der Waals surface area (Å²) < 4.78 is 39.1. The quantitative estimate of drug-likeness (QED) is 0.335. The molecule has 0 aliphatic heterocycles. The minimum absolute atomic E-state index is 0. The second-order valence-electron chi connectivity index (χ2n) is 6.07. The molecule has 0 amide bonds. The van der Waals surface area contributed by atoms with Gasteiger partial charge in [0.2, 0.25) is 10.0 Å². The number of rotatable bonds is 7. The van der Waals surface area contributed by atoms with Crippen LogP contribution in [0.25, 0.3) is 0 Å². The molecule has 6 nitrogen and oxygen atoms in total. The molecule has 0 aliphatic rings. The van der Waals surface area contributed by atoms with Gasteiger partial charge >= 0.3 is 0 Å². The van der Waals surface area contributed by atoms with Gasteiger partial charge in [0, 0.05) is 32.7 Å². The molecule has 0 unspecified atom stereocenters. The Balaban J connectivity index is 0.00000392. The second kappa shape index (κ2) is 11.3. The molecular weight excluding hydrogens is 494 g/mol. The third kappa shape index (κ3) is 6.71. The van der Waals surface area contributed by atoms with E-state index in [0.29, 0.717) is 31.2 Å². The fraction of sp³-hybridized carbons (Fsp3) is 0.316. The van der Waals surface area contributed by atoms with Crippen LogP contribution in [-0.4, -0.2) is 39.3 Å². The number of aliphatic imine (C=N–C) groups is 1. The molecule has 0 bridgehead atoms. The molecule has 2 rings (SSSR count). The predicted octanol–water partition coefficient (Wildman–Crippen LogP) is 2.95. The van der Waals surface area contributed by atoms with Gasteiger partial charge in [-0.15, -0.1) is 24.0 Å². The zero-order valence-corrected chi connectivity index (χ0v) is 19.3. The zero-order chi connectivity index (χ0) is 19.9. The molecule has 0 aromatic heterocycles. The average molecular weight is 520 g/mol. The molecule has 28 heavy (non-hydrogen) atoms. The highest BCUT2D eigenvalue weighted by molar-refractivity contribution is 14.0. The van der Waals surface area contributed by atoms with E-state index in [4.69, 9.17) is 0 Å². The maximum atomic E-state index is 13.7. The standard InChI is InChI=1S/C19H25FN4O2S.HI/c1-4-21-19(23-14-16-7-5-6-8-18(16)20)22-13-15-9-11-17(12-10-15)27(25,26)24(2)3;/h5-12H,4,13-14H2,1-3H3,(H2,21,22,23);1H. The van der Waals surface area contributed by atoms with Gasteiger partial charge in [-0.3, -0.25) is 0 Å². The van der Waals surface area contributed by atoms with Crippen molar-refractivity contribution >= 4 is 40.0 Å². The Bertz CT molecular complexity index is 887. The zero-order valence-electron chi connectivity index (χ0n) is 16.1. The van der Waals surface area contributed by atoms with E-state index in [0.717, 1.165) is 5.56 Å². The van der Waals surface area contributed by atoms with E-state index in [9.17, 15) is 12.8 Å². The number of hydrogen-bond acceptors (Lipinski definition) is 3. The molecule has 0 aliphatic carbocycles. The first kappa shape index (κ1) is 24.3. The van der Waals surface area contributed by atoms with Crippen molar-refractivity contribution in [1.82, 2.24) is 14.9 Å². The highest BCUT2D eigenvalue weighted by atomic mass is 127. The molecule has 0 spiro atoms. The fourth-order valence-electron chi connectivity index (χ4n) is 2.31. The number of nitrogens with zero attached hydrogens (tertiary/aromatic N) is 2. The molecule has 2 N–H and O–H groups in total. The molecular formula is C19H26FIN4O2S. The van der Waals surface area contributed by atoms with E-state index in [-0.39, 0.29) is 34.7 Å². The van der Waals surface area contributed by atoms with E-state index >= 15 is 0 Å². The lowest BCUT2D eigenvalue weighted by molar-refractivity contribution is 0.520. The van der Waals surface area contributed by atoms with Crippen molar-refractivity contribution in [3.8, 4) is 0 Å². The first-order valence-electron chi connectivity index (χ1n) is 8.61. The average Bonchev–Trinajstić information content (AvgIpc) is 2.65. The van der Waals surface area contributed by atoms with Gasteiger partial charge in [0.1, 0.15) is 5.82 Å². The minimum Gasteiger partial charge on any atom is -0.357 e. The molecule has 0 saturated carbocycles. The van der Waals surface area contributed by atoms with Crippen molar-refractivity contribution < 1.29 is 12.8 Å². The number of halogens is 2. The summed E-state index contributed by atoms with van der Waals surface area (Å²) in [6.45, 7) is 3.30. The topological polar surface area (TPSA) is 73.8 Å². The van der Waals surface area contributed by atoms with E-state index in [1.54, 1.807) is 42.5 Å². The van der Waals surface area contributed by atoms with Gasteiger partial charge in [0.15, 0.2) is 5.96 Å². The molecule has 0 fully saturated rings. The first-order valence-corrected chi connectivity index (χ1v) is 10.1. The fourth-order valence-corrected chi connectivity index (χ4v) is 3.21. The van der Waals surface area contributed by atoms with Crippen LogP contribution in [0.4, 0.5) is 4.39 Å². The molecule has 154 valence electrons. The van der Waals surface area contributed by atoms with Gasteiger partial charge in [-0.05, 0) is 30.7 Å². The summed E-state index contributed by atoms with van der Waals surface area (Å²) in [5.41, 5.74) is 1.43. The SMILES string of the molecule is CCNC(=NCc1ccc(S(=O)(=O)N(C)C)cc1)NCc1ccccc1F.I. The lowest BCUT2D eigenvalue weighted by Crippen LogP contribution is -2.37. The number of sulfonamides is 1. The van der Waals surface area contributed by atoms with E-state index in [2.05, 4.69) is 15.6 Å². The molecule has 0 radical (unpaired) electrons. The highest BCUT2D eigenvalue weighted by Crippen LogP contribution is 2.14. The molecule has 2 aromatic rings. The van der Waals surface area contributed by atoms with Gasteiger partial charge in [-0.25, -0.2) is 22.1 Å². The van der Waals surface area contributed by atoms with Crippen molar-refractivity contribution in [2.75, 3.05) is 20.6 Å². The Morgan fingerprint density at radius 1 is 1.07 bits per heavy atom. The Labute approximate surface area is 183 Å². The summed E-state index contributed by atoms with van der Waals surface area (Å²) in [6.07, 6.45) is 0. The van der Waals surface area contributed by atoms with Crippen LogP contribution in [0.15, 0.2) is 58.4 Å². The monoisotopic (exact) mass is 520 g/mol. The van der Waals surface area contributed by atoms with Gasteiger partial charge in [-0.2, -0.15) is 0 Å². The number of nitrogens with one attached hydrogen (secondary N) is 2. The summed E-state index contributed by atoms with van der Waals surface area (Å²) >= 11 is 0. The van der Waals surface area contributed by atoms with Crippen LogP contribution in [0.5, 0.6) is 0 Å². The van der Waals surface area contributed by atoms with Crippen LogP contribution < -0.4 is 10.6 Å². The molecule has 0 heterocycles. The van der Waals surface area contributed by atoms with Crippen molar-refractivity contribution in [2.24, 2.45) is 4.99 Å². The van der Waals surface area contributed by atoms with Crippen LogP contribution in [0.3, 0.4) is 0 Å². The number of benzene rings is 2. The first-order chi connectivity index (χ1) is 12.8. The summed E-state index contributed by atoms with van der Waals surface area (Å²) in [6, 6.07) is 13.2. The van der Waals surface area contributed by atoms with Crippen LogP contribution in [0, 0.1) is 5.82 Å². The second-order valence-corrected chi connectivity index (χ2v) is 8.22. The molecule has 0 atom stereocenters. The van der Waals surface area contributed by atoms with Gasteiger partial charge in [0.05, 0.1) is 11.4 Å². The third-order valence-corrected chi connectivity index (χ3v) is 5.70. The summed E-state index contributed by atoms with van der Waals surface area (Å²) in [5.74, 6) is 0.296. The Kier molecular flexibility index (Phi) is 9.83. The van der Waals surface area contributed by atoms with Crippen molar-refractivity contribution in [3.05, 3.63) is 65.5 Å². The Morgan fingerprint density at radius 2 is 1.71 bits per heavy atom. The van der Waals surface area contributed by atoms with Crippen molar-refractivity contribution in [1.29, 1.82) is 0 Å². The Hall–Kier alpha value is -1.72. The van der Waals surface area contributed by atoms with Gasteiger partial charge in [0.25, 0.3) is 0 Å². The summed E-state index contributed by atoms with van der Waals surface area (Å²) in [5, 5.41) is 6.20. The third-order valence-electron chi connectivity index (χ3n) is 3.87. The van der Waals surface area contributed by atoms with Crippen LogP contribution >= 0.6 is 24.0 Å². The largest absolute Gasteiger partial charge is 0.357 e. The van der Waals surface area contributed by atoms with Crippen molar-refractivity contribution in [3.63, 3.8) is 0 Å². The predicted molar refractivity (Wildman–Crippen MR) is 121 cm³/mol. The maximum absolute atomic E-state index is 13.7. The van der Waals surface area contributed by atoms with Gasteiger partial charge < -0.3 is 10.6 Å². The molecule has 2 aromatic carbocycles. The summed E-state index contributed by atoms with van der Waals surface area (Å²) in [4.78, 5) is 4.71. The minimum atomic E-state index is -3.44. The highest BCUT2D eigenvalue weighted by Gasteiger charge is 2.16. The normalized spacial score (nSPS) is 11.8. The number of guanidine groups is 1. The van der Waals surface area contributed by atoms with E-state index in [1.165, 1.54) is 24.5 Å². The summed E-state index contributed by atoms with van der Waals surface area (Å²) in [7, 11) is -0.445. The molecule has 9 heteroatoms. The lowest BCUT2D eigenvalue weighted by atomic mass is 10.2. The van der Waals surface area contributed by atoms with Crippen LogP contribution in [-0.2, 0) is 23.1 Å². The van der Waals surface area contributed by atoms with E-state index < -0.39 is 10.0 Å². The number of hydrogen-bond donors (Lipinski definition) is 2. The van der Waals surface area contributed by atoms with Gasteiger partial charge in [-0.1, -0.05) is 30.3 Å². The van der Waals surface area contributed by atoms with Crippen LogP contribution in [0.2, 0.25) is 0 Å². The maximum Gasteiger partial charge on any atom is 0.242 e. The van der Waals surface area contributed by atoms with Crippen LogP contribution in [0.1, 0.15) is 18.1 Å². The van der Waals surface area contributed by atoms with Crippen molar-refractivity contribution in [2.45, 2.75) is 24.9 Å². The molecule has 0 saturated heterocycles. The van der Waals surface area contributed by atoms with E-state index in [1.807, 2.05) is 6.92 Å². The lowest BCUT2D eigenvalue weighted by Gasteiger charge is -2.13. The smallest absolute Gasteiger partial charge is 0.242 e. The Morgan fingerprint density at radius 3 is 2.29 bits per heavy atom.